The van der Waals surface area contributed by atoms with Gasteiger partial charge in [-0.3, -0.25) is 34.2 Å². The normalized spacial score (nSPS) is 25.0. The molecular formula is C44H49N9O6S. The van der Waals surface area contributed by atoms with Gasteiger partial charge in [-0.25, -0.2) is 15.0 Å². The van der Waals surface area contributed by atoms with E-state index in [0.29, 0.717) is 56.9 Å². The molecule has 3 N–H and O–H groups in total. The fourth-order valence-electron chi connectivity index (χ4n) is 10.00. The van der Waals surface area contributed by atoms with Gasteiger partial charge in [0.2, 0.25) is 11.8 Å². The zero-order valence-corrected chi connectivity index (χ0v) is 34.7. The van der Waals surface area contributed by atoms with E-state index < -0.39 is 23.8 Å². The lowest BCUT2D eigenvalue weighted by Crippen LogP contribution is -2.54. The molecule has 5 heterocycles. The minimum absolute atomic E-state index is 0.0933. The first-order chi connectivity index (χ1) is 29.0. The molecule has 4 fully saturated rings. The van der Waals surface area contributed by atoms with E-state index in [4.69, 9.17) is 9.72 Å². The molecule has 9 rings (SSSR count). The van der Waals surface area contributed by atoms with Crippen LogP contribution in [0.3, 0.4) is 0 Å². The molecule has 4 aliphatic heterocycles. The summed E-state index contributed by atoms with van der Waals surface area (Å²) in [6, 6.07) is 8.34. The van der Waals surface area contributed by atoms with Crippen LogP contribution in [0, 0.1) is 11.3 Å². The lowest BCUT2D eigenvalue weighted by molar-refractivity contribution is -0.136. The zero-order valence-electron chi connectivity index (χ0n) is 33.9. The van der Waals surface area contributed by atoms with E-state index in [-0.39, 0.29) is 30.7 Å². The number of benzene rings is 2. The third kappa shape index (κ3) is 7.40. The van der Waals surface area contributed by atoms with Crippen LogP contribution in [0.15, 0.2) is 64.1 Å². The monoisotopic (exact) mass is 831 g/mol. The number of ether oxygens (including phenoxy) is 1. The summed E-state index contributed by atoms with van der Waals surface area (Å²) in [6.07, 6.45) is 14.2. The van der Waals surface area contributed by atoms with Crippen LogP contribution in [0.5, 0.6) is 5.75 Å². The number of carbonyl (C=O) groups excluding carboxylic acids is 5. The molecule has 0 bridgehead atoms. The molecule has 16 heteroatoms. The van der Waals surface area contributed by atoms with E-state index in [2.05, 4.69) is 37.7 Å². The molecule has 2 saturated heterocycles. The predicted octanol–water partition coefficient (Wildman–Crippen LogP) is 6.02. The molecule has 6 aliphatic rings. The van der Waals surface area contributed by atoms with E-state index >= 15 is 0 Å². The van der Waals surface area contributed by atoms with Crippen LogP contribution >= 0.6 is 11.3 Å². The average molecular weight is 832 g/mol. The molecule has 1 atom stereocenters. The van der Waals surface area contributed by atoms with Crippen molar-refractivity contribution < 1.29 is 28.7 Å². The highest BCUT2D eigenvalue weighted by molar-refractivity contribution is 7.18. The average Bonchev–Trinajstić information content (AvgIpc) is 3.77. The number of hydrogen-bond acceptors (Lipinski definition) is 13. The maximum absolute atomic E-state index is 13.6. The van der Waals surface area contributed by atoms with E-state index in [1.807, 2.05) is 18.2 Å². The van der Waals surface area contributed by atoms with Crippen LogP contribution in [0.2, 0.25) is 0 Å². The molecule has 1 spiro atoms. The van der Waals surface area contributed by atoms with Gasteiger partial charge in [-0.15, -0.1) is 11.3 Å². The summed E-state index contributed by atoms with van der Waals surface area (Å²) in [5.74, 6) is -0.235. The third-order valence-corrected chi connectivity index (χ3v) is 14.5. The van der Waals surface area contributed by atoms with Crippen molar-refractivity contribution in [2.24, 2.45) is 21.4 Å². The predicted molar refractivity (Wildman–Crippen MR) is 229 cm³/mol. The Labute approximate surface area is 352 Å². The van der Waals surface area contributed by atoms with Crippen molar-refractivity contribution in [1.82, 2.24) is 25.1 Å². The van der Waals surface area contributed by atoms with Crippen molar-refractivity contribution in [3.05, 3.63) is 70.1 Å². The molecule has 2 saturated carbocycles. The fourth-order valence-corrected chi connectivity index (χ4v) is 11.2. The smallest absolute Gasteiger partial charge is 0.264 e. The minimum atomic E-state index is -0.978. The van der Waals surface area contributed by atoms with Crippen LogP contribution in [-0.4, -0.2) is 101 Å². The van der Waals surface area contributed by atoms with Crippen molar-refractivity contribution in [1.29, 1.82) is 0 Å². The second kappa shape index (κ2) is 16.0. The Bertz CT molecular complexity index is 2380. The Morgan fingerprint density at radius 3 is 2.57 bits per heavy atom. The lowest BCUT2D eigenvalue weighted by Gasteiger charge is -2.53. The fraction of sp³-hybridized carbons (Fsp3) is 0.455. The Hall–Kier alpha value is -5.74. The largest absolute Gasteiger partial charge is 0.494 e. The van der Waals surface area contributed by atoms with Gasteiger partial charge >= 0.3 is 0 Å². The van der Waals surface area contributed by atoms with E-state index in [1.54, 1.807) is 56.0 Å². The maximum atomic E-state index is 13.6. The molecule has 60 heavy (non-hydrogen) atoms. The first kappa shape index (κ1) is 39.7. The van der Waals surface area contributed by atoms with Gasteiger partial charge in [0, 0.05) is 55.8 Å². The quantitative estimate of drug-likeness (QED) is 0.124. The van der Waals surface area contributed by atoms with Crippen LogP contribution in [-0.2, 0) is 14.4 Å². The van der Waals surface area contributed by atoms with Crippen LogP contribution in [0.25, 0.3) is 10.2 Å². The highest BCUT2D eigenvalue weighted by Crippen LogP contribution is 2.51. The van der Waals surface area contributed by atoms with Crippen molar-refractivity contribution in [3.8, 4) is 5.75 Å². The molecule has 312 valence electrons. The van der Waals surface area contributed by atoms with E-state index in [1.165, 1.54) is 17.9 Å². The number of imide groups is 2. The standard InChI is InChI=1S/C44H49N9O6S/c1-25(38-46-16-5-17-52(38)45-2)39(55)48-31-21-35-32(20-34(31)59-3)49-41(60-35)27-10-8-26(9-11-27)24-51-18-14-44(15-19-51)22-28(23-44)47-30-7-4-6-29-37(30)43(58)53(42(29)57)33-12-13-36(54)50-40(33)56/h4-7,16-17,20-21,26-28,33,47H,2,8-15,18-19,22-24H2,1,3H3,(H,48,55)(H,50,54,56)/b38-25+/t26-,27-,33?. The molecule has 2 aromatic carbocycles. The Morgan fingerprint density at radius 2 is 1.83 bits per heavy atom. The number of nitrogens with zero attached hydrogens (tertiary/aromatic N) is 6. The Morgan fingerprint density at radius 1 is 1.05 bits per heavy atom. The number of rotatable bonds is 10. The maximum Gasteiger partial charge on any atom is 0.264 e. The first-order valence-electron chi connectivity index (χ1n) is 20.8. The summed E-state index contributed by atoms with van der Waals surface area (Å²) < 4.78 is 6.67. The number of methoxy groups -OCH3 is 1. The van der Waals surface area contributed by atoms with Crippen molar-refractivity contribution in [3.63, 3.8) is 0 Å². The van der Waals surface area contributed by atoms with Gasteiger partial charge in [0.25, 0.3) is 17.7 Å². The summed E-state index contributed by atoms with van der Waals surface area (Å²) in [6.45, 7) is 8.57. The van der Waals surface area contributed by atoms with Crippen molar-refractivity contribution >= 4 is 75.4 Å². The van der Waals surface area contributed by atoms with Crippen molar-refractivity contribution in [2.45, 2.75) is 89.1 Å². The van der Waals surface area contributed by atoms with Crippen LogP contribution in [0.1, 0.15) is 103 Å². The van der Waals surface area contributed by atoms with E-state index in [9.17, 15) is 24.0 Å². The number of fused-ring (bicyclic) bond motifs is 2. The summed E-state index contributed by atoms with van der Waals surface area (Å²) in [4.78, 5) is 77.4. The number of carbonyl (C=O) groups is 5. The number of amides is 5. The van der Waals surface area contributed by atoms with Crippen molar-refractivity contribution in [2.75, 3.05) is 37.4 Å². The molecule has 1 aromatic heterocycles. The number of allylic oxidation sites excluding steroid dienone is 1. The summed E-state index contributed by atoms with van der Waals surface area (Å²) in [5, 5.41) is 15.4. The molecule has 2 aliphatic carbocycles. The summed E-state index contributed by atoms with van der Waals surface area (Å²) >= 11 is 1.69. The molecular weight excluding hydrogens is 783 g/mol. The summed E-state index contributed by atoms with van der Waals surface area (Å²) in [5.41, 5.74) is 3.40. The number of hydrogen-bond donors (Lipinski definition) is 3. The molecule has 3 aromatic rings. The molecule has 0 radical (unpaired) electrons. The lowest BCUT2D eigenvalue weighted by atomic mass is 9.60. The van der Waals surface area contributed by atoms with Gasteiger partial charge < -0.3 is 20.3 Å². The number of aliphatic imine (C=N–C) groups is 1. The number of aromatic nitrogens is 1. The SMILES string of the molecule is C=NN1C=CC=N/C1=C(/C)C(=O)Nc1cc2sc([C@H]3CC[C@H](CN4CCC5(CC4)CC(Nc4cccc6c4C(=O)N(C4CCC(=O)NC4=O)C6=O)C5)CC3)nc2cc1OC. The molecule has 5 amide bonds. The molecule has 15 nitrogen and oxygen atoms in total. The third-order valence-electron chi connectivity index (χ3n) is 13.3. The highest BCUT2D eigenvalue weighted by atomic mass is 32.1. The topological polar surface area (TPSA) is 178 Å². The van der Waals surface area contributed by atoms with E-state index in [0.717, 1.165) is 78.3 Å². The number of piperidine rings is 2. The van der Waals surface area contributed by atoms with Crippen LogP contribution in [0.4, 0.5) is 11.4 Å². The van der Waals surface area contributed by atoms with Crippen LogP contribution < -0.4 is 20.7 Å². The second-order valence-corrected chi connectivity index (χ2v) is 18.1. The number of nitrogens with one attached hydrogen (secondary N) is 3. The highest BCUT2D eigenvalue weighted by Gasteiger charge is 2.48. The Balaban J connectivity index is 0.751. The number of hydrazone groups is 1. The first-order valence-corrected chi connectivity index (χ1v) is 21.7. The Kier molecular flexibility index (Phi) is 10.6. The van der Waals surface area contributed by atoms with Gasteiger partial charge in [-0.1, -0.05) is 6.07 Å². The number of likely N-dealkylation sites (tertiary alicyclic amines) is 1. The van der Waals surface area contributed by atoms with Gasteiger partial charge in [0.15, 0.2) is 5.82 Å². The molecule has 1 unspecified atom stereocenters. The van der Waals surface area contributed by atoms with Gasteiger partial charge in [-0.05, 0) is 113 Å². The minimum Gasteiger partial charge on any atom is -0.494 e. The van der Waals surface area contributed by atoms with Gasteiger partial charge in [-0.2, -0.15) is 5.10 Å². The summed E-state index contributed by atoms with van der Waals surface area (Å²) in [7, 11) is 1.59. The van der Waals surface area contributed by atoms with Gasteiger partial charge in [0.05, 0.1) is 44.7 Å². The second-order valence-electron chi connectivity index (χ2n) is 17.0. The number of thiazole rings is 1. The zero-order chi connectivity index (χ0) is 41.7. The number of anilines is 2. The van der Waals surface area contributed by atoms with Gasteiger partial charge in [0.1, 0.15) is 11.8 Å².